The lowest BCUT2D eigenvalue weighted by Gasteiger charge is -2.03. The first-order valence-corrected chi connectivity index (χ1v) is 5.08. The molecule has 0 heterocycles. The van der Waals surface area contributed by atoms with Gasteiger partial charge in [0, 0.05) is 18.4 Å². The number of benzene rings is 1. The molecule has 1 rings (SSSR count). The summed E-state index contributed by atoms with van der Waals surface area (Å²) >= 11 is 4.27. The summed E-state index contributed by atoms with van der Waals surface area (Å²) in [7, 11) is 1.58. The van der Waals surface area contributed by atoms with Gasteiger partial charge < -0.3 is 5.73 Å². The molecule has 0 bridgehead atoms. The Hall–Kier alpha value is -1.29. The highest BCUT2D eigenvalue weighted by Gasteiger charge is 2.07. The van der Waals surface area contributed by atoms with Crippen molar-refractivity contribution in [3.05, 3.63) is 29.8 Å². The van der Waals surface area contributed by atoms with Crippen molar-refractivity contribution in [2.75, 3.05) is 7.05 Å². The molecule has 0 amide bonds. The molecular formula is C11H14N2OS. The second-order valence-corrected chi connectivity index (χ2v) is 3.72. The number of ketones is 1. The molecule has 0 unspecified atom stereocenters. The Morgan fingerprint density at radius 1 is 1.47 bits per heavy atom. The zero-order chi connectivity index (χ0) is 11.3. The average Bonchev–Trinajstić information content (AvgIpc) is 2.21. The van der Waals surface area contributed by atoms with Crippen molar-refractivity contribution in [1.82, 2.24) is 0 Å². The van der Waals surface area contributed by atoms with Gasteiger partial charge in [-0.05, 0) is 11.6 Å². The number of rotatable bonds is 4. The molecule has 1 aromatic carbocycles. The summed E-state index contributed by atoms with van der Waals surface area (Å²) in [6.45, 7) is 0. The van der Waals surface area contributed by atoms with Gasteiger partial charge in [-0.15, -0.1) is 12.6 Å². The third-order valence-corrected chi connectivity index (χ3v) is 2.48. The van der Waals surface area contributed by atoms with E-state index >= 15 is 0 Å². The molecular weight excluding hydrogens is 208 g/mol. The highest BCUT2D eigenvalue weighted by Crippen LogP contribution is 2.14. The SMILES string of the molecule is CN=C(N)CC(=O)Cc1ccccc1S. The molecule has 0 fully saturated rings. The third-order valence-electron chi connectivity index (χ3n) is 2.04. The highest BCUT2D eigenvalue weighted by atomic mass is 32.1. The van der Waals surface area contributed by atoms with E-state index in [1.165, 1.54) is 0 Å². The minimum atomic E-state index is 0.0552. The fourth-order valence-corrected chi connectivity index (χ4v) is 1.46. The van der Waals surface area contributed by atoms with Crippen LogP contribution in [0.1, 0.15) is 12.0 Å². The van der Waals surface area contributed by atoms with Gasteiger partial charge in [0.1, 0.15) is 11.6 Å². The van der Waals surface area contributed by atoms with Crippen molar-refractivity contribution in [1.29, 1.82) is 0 Å². The Labute approximate surface area is 94.8 Å². The van der Waals surface area contributed by atoms with E-state index in [0.29, 0.717) is 12.3 Å². The molecule has 0 saturated carbocycles. The summed E-state index contributed by atoms with van der Waals surface area (Å²) in [5.41, 5.74) is 6.40. The molecule has 0 saturated heterocycles. The lowest BCUT2D eigenvalue weighted by atomic mass is 10.1. The van der Waals surface area contributed by atoms with Crippen LogP contribution in [-0.2, 0) is 11.2 Å². The standard InChI is InChI=1S/C11H14N2OS/c1-13-11(12)7-9(14)6-8-4-2-3-5-10(8)15/h2-5,15H,6-7H2,1H3,(H2,12,13). The first-order valence-electron chi connectivity index (χ1n) is 4.63. The van der Waals surface area contributed by atoms with Crippen LogP contribution < -0.4 is 5.73 Å². The predicted octanol–water partition coefficient (Wildman–Crippen LogP) is 1.46. The molecule has 0 aliphatic rings. The number of amidine groups is 1. The molecule has 2 N–H and O–H groups in total. The zero-order valence-corrected chi connectivity index (χ0v) is 9.50. The van der Waals surface area contributed by atoms with Crippen LogP contribution in [-0.4, -0.2) is 18.7 Å². The molecule has 0 aliphatic heterocycles. The largest absolute Gasteiger partial charge is 0.387 e. The average molecular weight is 222 g/mol. The molecule has 0 radical (unpaired) electrons. The summed E-state index contributed by atoms with van der Waals surface area (Å²) < 4.78 is 0. The van der Waals surface area contributed by atoms with Crippen LogP contribution in [0, 0.1) is 0 Å². The normalized spacial score (nSPS) is 11.5. The highest BCUT2D eigenvalue weighted by molar-refractivity contribution is 7.80. The number of Topliss-reactive ketones (excluding diaryl/α,β-unsaturated/α-hetero) is 1. The van der Waals surface area contributed by atoms with Crippen LogP contribution in [0.25, 0.3) is 0 Å². The maximum Gasteiger partial charge on any atom is 0.144 e. The Kier molecular flexibility index (Phi) is 4.37. The molecule has 80 valence electrons. The lowest BCUT2D eigenvalue weighted by Crippen LogP contribution is -2.18. The van der Waals surface area contributed by atoms with Gasteiger partial charge in [-0.25, -0.2) is 0 Å². The molecule has 0 aliphatic carbocycles. The number of nitrogens with two attached hydrogens (primary N) is 1. The predicted molar refractivity (Wildman–Crippen MR) is 64.6 cm³/mol. The molecule has 15 heavy (non-hydrogen) atoms. The smallest absolute Gasteiger partial charge is 0.144 e. The van der Waals surface area contributed by atoms with Crippen LogP contribution in [0.15, 0.2) is 34.2 Å². The van der Waals surface area contributed by atoms with Gasteiger partial charge >= 0.3 is 0 Å². The number of hydrogen-bond donors (Lipinski definition) is 2. The van der Waals surface area contributed by atoms with Crippen molar-refractivity contribution >= 4 is 24.2 Å². The minimum absolute atomic E-state index is 0.0552. The van der Waals surface area contributed by atoms with E-state index in [4.69, 9.17) is 5.73 Å². The van der Waals surface area contributed by atoms with E-state index in [9.17, 15) is 4.79 Å². The summed E-state index contributed by atoms with van der Waals surface area (Å²) in [5, 5.41) is 0. The Balaban J connectivity index is 2.63. The van der Waals surface area contributed by atoms with Gasteiger partial charge in [-0.1, -0.05) is 18.2 Å². The fraction of sp³-hybridized carbons (Fsp3) is 0.273. The van der Waals surface area contributed by atoms with Gasteiger partial charge in [0.25, 0.3) is 0 Å². The molecule has 1 aromatic rings. The van der Waals surface area contributed by atoms with Crippen LogP contribution >= 0.6 is 12.6 Å². The number of aliphatic imine (C=N–C) groups is 1. The van der Waals surface area contributed by atoms with Crippen LogP contribution in [0.5, 0.6) is 0 Å². The van der Waals surface area contributed by atoms with E-state index in [1.807, 2.05) is 24.3 Å². The van der Waals surface area contributed by atoms with Crippen molar-refractivity contribution in [2.45, 2.75) is 17.7 Å². The molecule has 4 heteroatoms. The van der Waals surface area contributed by atoms with E-state index in [2.05, 4.69) is 17.6 Å². The van der Waals surface area contributed by atoms with Gasteiger partial charge in [-0.2, -0.15) is 0 Å². The molecule has 0 aromatic heterocycles. The van der Waals surface area contributed by atoms with Crippen molar-refractivity contribution < 1.29 is 4.79 Å². The van der Waals surface area contributed by atoms with Crippen molar-refractivity contribution in [3.8, 4) is 0 Å². The van der Waals surface area contributed by atoms with E-state index in [0.717, 1.165) is 10.5 Å². The Morgan fingerprint density at radius 3 is 2.73 bits per heavy atom. The lowest BCUT2D eigenvalue weighted by molar-refractivity contribution is -0.117. The van der Waals surface area contributed by atoms with Crippen LogP contribution in [0.3, 0.4) is 0 Å². The zero-order valence-electron chi connectivity index (χ0n) is 8.60. The number of carbonyl (C=O) groups excluding carboxylic acids is 1. The van der Waals surface area contributed by atoms with E-state index in [-0.39, 0.29) is 12.2 Å². The number of hydrogen-bond acceptors (Lipinski definition) is 3. The first-order chi connectivity index (χ1) is 7.13. The number of carbonyl (C=O) groups is 1. The quantitative estimate of drug-likeness (QED) is 0.460. The van der Waals surface area contributed by atoms with Crippen molar-refractivity contribution in [3.63, 3.8) is 0 Å². The Bertz CT molecular complexity index is 388. The van der Waals surface area contributed by atoms with Gasteiger partial charge in [-0.3, -0.25) is 9.79 Å². The van der Waals surface area contributed by atoms with Gasteiger partial charge in [0.15, 0.2) is 0 Å². The minimum Gasteiger partial charge on any atom is -0.387 e. The monoisotopic (exact) mass is 222 g/mol. The fourth-order valence-electron chi connectivity index (χ4n) is 1.22. The summed E-state index contributed by atoms with van der Waals surface area (Å²) in [5.74, 6) is 0.427. The third kappa shape index (κ3) is 3.75. The van der Waals surface area contributed by atoms with Gasteiger partial charge in [0.2, 0.25) is 0 Å². The van der Waals surface area contributed by atoms with E-state index in [1.54, 1.807) is 7.05 Å². The maximum absolute atomic E-state index is 11.5. The molecule has 3 nitrogen and oxygen atoms in total. The second-order valence-electron chi connectivity index (χ2n) is 3.24. The first kappa shape index (κ1) is 11.8. The summed E-state index contributed by atoms with van der Waals surface area (Å²) in [6.07, 6.45) is 0.564. The summed E-state index contributed by atoms with van der Waals surface area (Å²) in [6, 6.07) is 7.53. The Morgan fingerprint density at radius 2 is 2.13 bits per heavy atom. The van der Waals surface area contributed by atoms with Crippen molar-refractivity contribution in [2.24, 2.45) is 10.7 Å². The second kappa shape index (κ2) is 5.56. The van der Waals surface area contributed by atoms with E-state index < -0.39 is 0 Å². The van der Waals surface area contributed by atoms with Crippen LogP contribution in [0.2, 0.25) is 0 Å². The number of nitrogens with zero attached hydrogens (tertiary/aromatic N) is 1. The summed E-state index contributed by atoms with van der Waals surface area (Å²) in [4.78, 5) is 16.1. The van der Waals surface area contributed by atoms with Gasteiger partial charge in [0.05, 0.1) is 6.42 Å². The topological polar surface area (TPSA) is 55.4 Å². The maximum atomic E-state index is 11.5. The molecule has 0 spiro atoms. The molecule has 0 atom stereocenters. The number of thiol groups is 1. The van der Waals surface area contributed by atoms with Crippen LogP contribution in [0.4, 0.5) is 0 Å².